The monoisotopic (exact) mass is 351 g/mol. The first-order chi connectivity index (χ1) is 11.6. The predicted octanol–water partition coefficient (Wildman–Crippen LogP) is 1.89. The number of piperazine rings is 1. The van der Waals surface area contributed by atoms with Crippen molar-refractivity contribution >= 4 is 17.6 Å². The van der Waals surface area contributed by atoms with E-state index in [1.807, 2.05) is 31.3 Å². The SMILES string of the molecule is CN=C(NCc1ccc(Cl)cc1)NCC(C)CN1CCN(C)CC1. The molecule has 1 aromatic carbocycles. The average Bonchev–Trinajstić information content (AvgIpc) is 2.58. The van der Waals surface area contributed by atoms with Gasteiger partial charge in [0.15, 0.2) is 5.96 Å². The third-order valence-electron chi connectivity index (χ3n) is 4.38. The van der Waals surface area contributed by atoms with Crippen LogP contribution in [0.1, 0.15) is 12.5 Å². The van der Waals surface area contributed by atoms with E-state index in [0.29, 0.717) is 5.92 Å². The summed E-state index contributed by atoms with van der Waals surface area (Å²) >= 11 is 5.91. The number of nitrogens with one attached hydrogen (secondary N) is 2. The summed E-state index contributed by atoms with van der Waals surface area (Å²) in [5.41, 5.74) is 1.19. The number of hydrogen-bond acceptors (Lipinski definition) is 3. The normalized spacial score (nSPS) is 18.4. The summed E-state index contributed by atoms with van der Waals surface area (Å²) in [6.45, 7) is 9.77. The third-order valence-corrected chi connectivity index (χ3v) is 4.63. The molecule has 2 rings (SSSR count). The van der Waals surface area contributed by atoms with E-state index < -0.39 is 0 Å². The second-order valence-electron chi connectivity index (χ2n) is 6.64. The second-order valence-corrected chi connectivity index (χ2v) is 7.08. The molecule has 0 amide bonds. The van der Waals surface area contributed by atoms with E-state index in [1.165, 1.54) is 31.7 Å². The Morgan fingerprint density at radius 1 is 1.17 bits per heavy atom. The zero-order valence-electron chi connectivity index (χ0n) is 15.1. The molecule has 5 nitrogen and oxygen atoms in total. The summed E-state index contributed by atoms with van der Waals surface area (Å²) in [5.74, 6) is 1.43. The number of likely N-dealkylation sites (N-methyl/N-ethyl adjacent to an activating group) is 1. The van der Waals surface area contributed by atoms with Crippen LogP contribution in [0.2, 0.25) is 5.02 Å². The summed E-state index contributed by atoms with van der Waals surface area (Å²) in [5, 5.41) is 7.53. The van der Waals surface area contributed by atoms with Gasteiger partial charge in [-0.25, -0.2) is 0 Å². The maximum Gasteiger partial charge on any atom is 0.191 e. The molecule has 1 heterocycles. The van der Waals surface area contributed by atoms with E-state index in [-0.39, 0.29) is 0 Å². The van der Waals surface area contributed by atoms with Gasteiger partial charge in [0.1, 0.15) is 0 Å². The largest absolute Gasteiger partial charge is 0.356 e. The van der Waals surface area contributed by atoms with E-state index in [0.717, 1.165) is 30.6 Å². The van der Waals surface area contributed by atoms with Gasteiger partial charge in [0.2, 0.25) is 0 Å². The molecule has 0 bridgehead atoms. The highest BCUT2D eigenvalue weighted by atomic mass is 35.5. The van der Waals surface area contributed by atoms with E-state index in [2.05, 4.69) is 39.4 Å². The first-order valence-electron chi connectivity index (χ1n) is 8.66. The second kappa shape index (κ2) is 9.87. The minimum absolute atomic E-state index is 0.586. The van der Waals surface area contributed by atoms with Crippen molar-refractivity contribution in [1.29, 1.82) is 0 Å². The van der Waals surface area contributed by atoms with Crippen molar-refractivity contribution in [3.8, 4) is 0 Å². The Balaban J connectivity index is 1.67. The first kappa shape index (κ1) is 19.0. The molecule has 0 saturated carbocycles. The van der Waals surface area contributed by atoms with Crippen LogP contribution in [0, 0.1) is 5.92 Å². The zero-order valence-corrected chi connectivity index (χ0v) is 15.8. The fraction of sp³-hybridized carbons (Fsp3) is 0.611. The molecule has 0 aliphatic carbocycles. The maximum absolute atomic E-state index is 5.91. The molecular weight excluding hydrogens is 322 g/mol. The minimum atomic E-state index is 0.586. The Labute approximate surface area is 151 Å². The molecule has 2 N–H and O–H groups in total. The fourth-order valence-electron chi connectivity index (χ4n) is 2.82. The molecule has 1 aliphatic rings. The van der Waals surface area contributed by atoms with Crippen LogP contribution in [0.4, 0.5) is 0 Å². The quantitative estimate of drug-likeness (QED) is 0.606. The predicted molar refractivity (Wildman–Crippen MR) is 103 cm³/mol. The molecule has 1 fully saturated rings. The van der Waals surface area contributed by atoms with Gasteiger partial charge >= 0.3 is 0 Å². The molecule has 6 heteroatoms. The summed E-state index contributed by atoms with van der Waals surface area (Å²) < 4.78 is 0. The number of nitrogens with zero attached hydrogens (tertiary/aromatic N) is 3. The molecule has 1 aliphatic heterocycles. The van der Waals surface area contributed by atoms with Crippen molar-refractivity contribution in [2.75, 3.05) is 53.4 Å². The van der Waals surface area contributed by atoms with Gasteiger partial charge in [0, 0.05) is 57.9 Å². The number of benzene rings is 1. The van der Waals surface area contributed by atoms with Crippen molar-refractivity contribution in [2.24, 2.45) is 10.9 Å². The van der Waals surface area contributed by atoms with Gasteiger partial charge in [-0.1, -0.05) is 30.7 Å². The molecule has 24 heavy (non-hydrogen) atoms. The lowest BCUT2D eigenvalue weighted by Gasteiger charge is -2.34. The Morgan fingerprint density at radius 3 is 2.46 bits per heavy atom. The molecule has 134 valence electrons. The molecule has 1 saturated heterocycles. The van der Waals surface area contributed by atoms with Crippen LogP contribution in [0.3, 0.4) is 0 Å². The van der Waals surface area contributed by atoms with Crippen LogP contribution in [0.5, 0.6) is 0 Å². The van der Waals surface area contributed by atoms with Crippen molar-refractivity contribution in [3.05, 3.63) is 34.9 Å². The number of halogens is 1. The Morgan fingerprint density at radius 2 is 1.83 bits per heavy atom. The number of aliphatic imine (C=N–C) groups is 1. The highest BCUT2D eigenvalue weighted by Gasteiger charge is 2.16. The fourth-order valence-corrected chi connectivity index (χ4v) is 2.94. The van der Waals surface area contributed by atoms with Gasteiger partial charge in [-0.05, 0) is 30.7 Å². The standard InChI is InChI=1S/C18H30ClN5/c1-15(14-24-10-8-23(3)9-11-24)12-21-18(20-2)22-13-16-4-6-17(19)7-5-16/h4-7,15H,8-14H2,1-3H3,(H2,20,21,22). The Bertz CT molecular complexity index is 509. The van der Waals surface area contributed by atoms with Crippen molar-refractivity contribution in [2.45, 2.75) is 13.5 Å². The smallest absolute Gasteiger partial charge is 0.191 e. The van der Waals surface area contributed by atoms with Gasteiger partial charge in [0.05, 0.1) is 0 Å². The molecular formula is C18H30ClN5. The van der Waals surface area contributed by atoms with Gasteiger partial charge in [-0.2, -0.15) is 0 Å². The van der Waals surface area contributed by atoms with E-state index in [4.69, 9.17) is 11.6 Å². The van der Waals surface area contributed by atoms with E-state index >= 15 is 0 Å². The average molecular weight is 352 g/mol. The third kappa shape index (κ3) is 6.67. The highest BCUT2D eigenvalue weighted by Crippen LogP contribution is 2.09. The van der Waals surface area contributed by atoms with Crippen molar-refractivity contribution in [1.82, 2.24) is 20.4 Å². The van der Waals surface area contributed by atoms with Crippen molar-refractivity contribution in [3.63, 3.8) is 0 Å². The summed E-state index contributed by atoms with van der Waals surface area (Å²) in [6, 6.07) is 7.87. The lowest BCUT2D eigenvalue weighted by Crippen LogP contribution is -2.47. The minimum Gasteiger partial charge on any atom is -0.356 e. The van der Waals surface area contributed by atoms with Gasteiger partial charge < -0.3 is 20.4 Å². The van der Waals surface area contributed by atoms with Gasteiger partial charge in [-0.3, -0.25) is 4.99 Å². The molecule has 1 unspecified atom stereocenters. The summed E-state index contributed by atoms with van der Waals surface area (Å²) in [4.78, 5) is 9.24. The first-order valence-corrected chi connectivity index (χ1v) is 9.04. The maximum atomic E-state index is 5.91. The van der Waals surface area contributed by atoms with Crippen molar-refractivity contribution < 1.29 is 0 Å². The lowest BCUT2D eigenvalue weighted by molar-refractivity contribution is 0.139. The zero-order chi connectivity index (χ0) is 17.4. The van der Waals surface area contributed by atoms with Crippen LogP contribution < -0.4 is 10.6 Å². The molecule has 0 radical (unpaired) electrons. The Kier molecular flexibility index (Phi) is 7.82. The topological polar surface area (TPSA) is 42.9 Å². The molecule has 0 aromatic heterocycles. The van der Waals surface area contributed by atoms with Crippen LogP contribution >= 0.6 is 11.6 Å². The molecule has 1 atom stereocenters. The number of hydrogen-bond donors (Lipinski definition) is 2. The van der Waals surface area contributed by atoms with Crippen LogP contribution in [-0.4, -0.2) is 69.1 Å². The van der Waals surface area contributed by atoms with E-state index in [9.17, 15) is 0 Å². The van der Waals surface area contributed by atoms with Gasteiger partial charge in [0.25, 0.3) is 0 Å². The van der Waals surface area contributed by atoms with Gasteiger partial charge in [-0.15, -0.1) is 0 Å². The van der Waals surface area contributed by atoms with Crippen LogP contribution in [0.25, 0.3) is 0 Å². The molecule has 1 aromatic rings. The number of guanidine groups is 1. The molecule has 0 spiro atoms. The summed E-state index contributed by atoms with van der Waals surface area (Å²) in [6.07, 6.45) is 0. The lowest BCUT2D eigenvalue weighted by atomic mass is 10.1. The Hall–Kier alpha value is -1.30. The van der Waals surface area contributed by atoms with Crippen LogP contribution in [0.15, 0.2) is 29.3 Å². The summed E-state index contributed by atoms with van der Waals surface area (Å²) in [7, 11) is 4.00. The number of rotatable bonds is 6. The highest BCUT2D eigenvalue weighted by molar-refractivity contribution is 6.30. The van der Waals surface area contributed by atoms with E-state index in [1.54, 1.807) is 0 Å². The van der Waals surface area contributed by atoms with Crippen LogP contribution in [-0.2, 0) is 6.54 Å².